The summed E-state index contributed by atoms with van der Waals surface area (Å²) in [6, 6.07) is 0.453. The zero-order valence-electron chi connectivity index (χ0n) is 6.48. The van der Waals surface area contributed by atoms with Crippen LogP contribution in [0.3, 0.4) is 0 Å². The Morgan fingerprint density at radius 1 is 1.21 bits per heavy atom. The smallest absolute Gasteiger partial charge is 0.422 e. The molecule has 0 spiro atoms. The summed E-state index contributed by atoms with van der Waals surface area (Å²) in [7, 11) is 0. The lowest BCUT2D eigenvalue weighted by molar-refractivity contribution is -0.154. The first-order chi connectivity index (χ1) is 6.37. The fourth-order valence-electron chi connectivity index (χ4n) is 0.600. The monoisotopic (exact) mass is 214 g/mol. The van der Waals surface area contributed by atoms with Crippen molar-refractivity contribution < 1.29 is 26.7 Å². The van der Waals surface area contributed by atoms with Crippen LogP contribution in [0.4, 0.5) is 22.0 Å². The molecule has 3 nitrogen and oxygen atoms in total. The summed E-state index contributed by atoms with van der Waals surface area (Å²) >= 11 is 0. The van der Waals surface area contributed by atoms with Gasteiger partial charge < -0.3 is 4.74 Å². The van der Waals surface area contributed by atoms with Crippen LogP contribution in [-0.4, -0.2) is 22.8 Å². The molecule has 0 aromatic carbocycles. The standard InChI is InChI=1S/C6H3F5N2O/c7-3-1-4(13-5(8)12-3)14-2-6(9,10)11/h1H,2H2. The van der Waals surface area contributed by atoms with Crippen LogP contribution in [0.2, 0.25) is 0 Å². The molecule has 0 unspecified atom stereocenters. The van der Waals surface area contributed by atoms with Gasteiger partial charge >= 0.3 is 12.3 Å². The van der Waals surface area contributed by atoms with Gasteiger partial charge in [-0.1, -0.05) is 0 Å². The molecule has 0 radical (unpaired) electrons. The topological polar surface area (TPSA) is 35.0 Å². The number of hydrogen-bond acceptors (Lipinski definition) is 3. The highest BCUT2D eigenvalue weighted by Gasteiger charge is 2.28. The van der Waals surface area contributed by atoms with Gasteiger partial charge in [0.25, 0.3) is 0 Å². The van der Waals surface area contributed by atoms with Gasteiger partial charge in [0.05, 0.1) is 6.07 Å². The highest BCUT2D eigenvalue weighted by molar-refractivity contribution is 5.06. The molecule has 14 heavy (non-hydrogen) atoms. The molecular formula is C6H3F5N2O. The minimum absolute atomic E-state index is 0.453. The van der Waals surface area contributed by atoms with Crippen molar-refractivity contribution in [1.82, 2.24) is 9.97 Å². The molecule has 0 atom stereocenters. The fraction of sp³-hybridized carbons (Fsp3) is 0.333. The van der Waals surface area contributed by atoms with Gasteiger partial charge in [-0.3, -0.25) is 0 Å². The van der Waals surface area contributed by atoms with Crippen LogP contribution in [0.25, 0.3) is 0 Å². The van der Waals surface area contributed by atoms with Crippen LogP contribution in [0.5, 0.6) is 5.88 Å². The predicted molar refractivity (Wildman–Crippen MR) is 33.5 cm³/mol. The van der Waals surface area contributed by atoms with E-state index >= 15 is 0 Å². The largest absolute Gasteiger partial charge is 0.468 e. The molecule has 0 amide bonds. The van der Waals surface area contributed by atoms with Crippen LogP contribution in [0, 0.1) is 12.0 Å². The number of hydrogen-bond donors (Lipinski definition) is 0. The highest BCUT2D eigenvalue weighted by atomic mass is 19.4. The molecule has 0 aliphatic heterocycles. The molecule has 0 N–H and O–H groups in total. The molecule has 1 aromatic heterocycles. The maximum absolute atomic E-state index is 12.3. The first-order valence-electron chi connectivity index (χ1n) is 3.26. The van der Waals surface area contributed by atoms with E-state index in [9.17, 15) is 22.0 Å². The number of nitrogens with zero attached hydrogens (tertiary/aromatic N) is 2. The van der Waals surface area contributed by atoms with E-state index in [-0.39, 0.29) is 0 Å². The van der Waals surface area contributed by atoms with Crippen LogP contribution >= 0.6 is 0 Å². The van der Waals surface area contributed by atoms with E-state index in [4.69, 9.17) is 0 Å². The molecule has 0 bridgehead atoms. The Hall–Kier alpha value is -1.47. The van der Waals surface area contributed by atoms with Crippen molar-refractivity contribution in [3.05, 3.63) is 18.1 Å². The quantitative estimate of drug-likeness (QED) is 0.427. The van der Waals surface area contributed by atoms with Gasteiger partial charge in [0.15, 0.2) is 6.61 Å². The molecule has 1 heterocycles. The molecule has 0 saturated carbocycles. The fourth-order valence-corrected chi connectivity index (χ4v) is 0.600. The Bertz CT molecular complexity index is 306. The highest BCUT2D eigenvalue weighted by Crippen LogP contribution is 2.17. The lowest BCUT2D eigenvalue weighted by Crippen LogP contribution is -2.20. The van der Waals surface area contributed by atoms with Crippen molar-refractivity contribution in [3.63, 3.8) is 0 Å². The van der Waals surface area contributed by atoms with E-state index in [0.717, 1.165) is 0 Å². The number of rotatable bonds is 2. The van der Waals surface area contributed by atoms with Gasteiger partial charge in [-0.2, -0.15) is 31.9 Å². The number of alkyl halides is 3. The maximum Gasteiger partial charge on any atom is 0.422 e. The summed E-state index contributed by atoms with van der Waals surface area (Å²) in [6.45, 7) is -1.66. The summed E-state index contributed by atoms with van der Waals surface area (Å²) in [5.41, 5.74) is 0. The molecule has 78 valence electrons. The SMILES string of the molecule is Fc1cc(OCC(F)(F)F)nc(F)n1. The van der Waals surface area contributed by atoms with E-state index < -0.39 is 30.7 Å². The lowest BCUT2D eigenvalue weighted by atomic mass is 10.6. The average Bonchev–Trinajstić information content (AvgIpc) is 1.97. The Labute approximate surface area is 74.5 Å². The maximum atomic E-state index is 12.3. The summed E-state index contributed by atoms with van der Waals surface area (Å²) in [5.74, 6) is -2.10. The van der Waals surface area contributed by atoms with Gasteiger partial charge in [-0.15, -0.1) is 0 Å². The third kappa shape index (κ3) is 3.50. The first kappa shape index (κ1) is 10.6. The summed E-state index contributed by atoms with van der Waals surface area (Å²) in [4.78, 5) is 5.37. The van der Waals surface area contributed by atoms with Crippen molar-refractivity contribution in [3.8, 4) is 5.88 Å². The molecular weight excluding hydrogens is 211 g/mol. The molecule has 1 rings (SSSR count). The van der Waals surface area contributed by atoms with Gasteiger partial charge in [0.2, 0.25) is 11.8 Å². The van der Waals surface area contributed by atoms with Crippen molar-refractivity contribution in [2.75, 3.05) is 6.61 Å². The molecule has 1 aromatic rings. The van der Waals surface area contributed by atoms with E-state index in [2.05, 4.69) is 14.7 Å². The minimum Gasteiger partial charge on any atom is -0.468 e. The molecule has 0 fully saturated rings. The molecule has 8 heteroatoms. The van der Waals surface area contributed by atoms with Crippen LogP contribution in [0.1, 0.15) is 0 Å². The van der Waals surface area contributed by atoms with Crippen LogP contribution in [-0.2, 0) is 0 Å². The van der Waals surface area contributed by atoms with E-state index in [1.54, 1.807) is 0 Å². The van der Waals surface area contributed by atoms with Gasteiger partial charge in [-0.05, 0) is 0 Å². The van der Waals surface area contributed by atoms with Crippen molar-refractivity contribution in [2.24, 2.45) is 0 Å². The lowest BCUT2D eigenvalue weighted by Gasteiger charge is -2.07. The second kappa shape index (κ2) is 3.72. The Morgan fingerprint density at radius 3 is 2.36 bits per heavy atom. The van der Waals surface area contributed by atoms with Crippen molar-refractivity contribution in [2.45, 2.75) is 6.18 Å². The molecule has 0 saturated heterocycles. The number of aromatic nitrogens is 2. The van der Waals surface area contributed by atoms with E-state index in [1.165, 1.54) is 0 Å². The van der Waals surface area contributed by atoms with Crippen LogP contribution in [0.15, 0.2) is 6.07 Å². The Kier molecular flexibility index (Phi) is 2.82. The van der Waals surface area contributed by atoms with Gasteiger partial charge in [-0.25, -0.2) is 0 Å². The van der Waals surface area contributed by atoms with Crippen LogP contribution < -0.4 is 4.74 Å². The zero-order chi connectivity index (χ0) is 10.8. The third-order valence-electron chi connectivity index (χ3n) is 1.03. The first-order valence-corrected chi connectivity index (χ1v) is 3.26. The third-order valence-corrected chi connectivity index (χ3v) is 1.03. The van der Waals surface area contributed by atoms with E-state index in [1.807, 2.05) is 0 Å². The van der Waals surface area contributed by atoms with Gasteiger partial charge in [0, 0.05) is 0 Å². The second-order valence-corrected chi connectivity index (χ2v) is 2.20. The number of halogens is 5. The average molecular weight is 214 g/mol. The zero-order valence-corrected chi connectivity index (χ0v) is 6.48. The Balaban J connectivity index is 2.68. The normalized spacial score (nSPS) is 11.5. The minimum atomic E-state index is -4.59. The van der Waals surface area contributed by atoms with Crippen molar-refractivity contribution in [1.29, 1.82) is 0 Å². The second-order valence-electron chi connectivity index (χ2n) is 2.20. The predicted octanol–water partition coefficient (Wildman–Crippen LogP) is 1.70. The molecule has 0 aliphatic rings. The summed E-state index contributed by atoms with van der Waals surface area (Å²) in [5, 5.41) is 0. The summed E-state index contributed by atoms with van der Waals surface area (Å²) < 4.78 is 63.3. The number of ether oxygens (including phenoxy) is 1. The van der Waals surface area contributed by atoms with Gasteiger partial charge in [0.1, 0.15) is 0 Å². The molecule has 0 aliphatic carbocycles. The van der Waals surface area contributed by atoms with Crippen molar-refractivity contribution >= 4 is 0 Å². The Morgan fingerprint density at radius 2 is 1.86 bits per heavy atom. The summed E-state index contributed by atoms with van der Waals surface area (Å²) in [6.07, 6.45) is -6.07. The van der Waals surface area contributed by atoms with E-state index in [0.29, 0.717) is 6.07 Å².